The standard InChI is InChI=1S/C9H4BrNS/c10-8-5-12-9-3-6(4-11)1-2-7(8)9/h1-3,5H. The smallest absolute Gasteiger partial charge is 0.0992 e. The van der Waals surface area contributed by atoms with Gasteiger partial charge >= 0.3 is 0 Å². The second-order valence-corrected chi connectivity index (χ2v) is 4.17. The topological polar surface area (TPSA) is 23.8 Å². The monoisotopic (exact) mass is 237 g/mol. The van der Waals surface area contributed by atoms with Crippen LogP contribution < -0.4 is 0 Å². The van der Waals surface area contributed by atoms with Crippen LogP contribution in [0.15, 0.2) is 28.1 Å². The predicted octanol–water partition coefficient (Wildman–Crippen LogP) is 3.54. The average Bonchev–Trinajstić information content (AvgIpc) is 2.47. The summed E-state index contributed by atoms with van der Waals surface area (Å²) in [7, 11) is 0. The minimum atomic E-state index is 0.719. The van der Waals surface area contributed by atoms with Crippen molar-refractivity contribution in [2.75, 3.05) is 0 Å². The molecule has 0 bridgehead atoms. The Morgan fingerprint density at radius 3 is 3.00 bits per heavy atom. The highest BCUT2D eigenvalue weighted by molar-refractivity contribution is 9.10. The van der Waals surface area contributed by atoms with Crippen LogP contribution >= 0.6 is 27.3 Å². The molecule has 3 heteroatoms. The van der Waals surface area contributed by atoms with E-state index in [4.69, 9.17) is 5.26 Å². The molecule has 0 aliphatic heterocycles. The van der Waals surface area contributed by atoms with Gasteiger partial charge in [-0.2, -0.15) is 5.26 Å². The lowest BCUT2D eigenvalue weighted by molar-refractivity contribution is 1.50. The third-order valence-electron chi connectivity index (χ3n) is 1.66. The van der Waals surface area contributed by atoms with E-state index in [0.717, 1.165) is 14.7 Å². The molecule has 0 saturated heterocycles. The third kappa shape index (κ3) is 1.13. The number of halogens is 1. The number of benzene rings is 1. The summed E-state index contributed by atoms with van der Waals surface area (Å²) in [5.74, 6) is 0. The fourth-order valence-corrected chi connectivity index (χ4v) is 2.68. The summed E-state index contributed by atoms with van der Waals surface area (Å²) < 4.78 is 2.26. The molecule has 2 rings (SSSR count). The van der Waals surface area contributed by atoms with Gasteiger partial charge in [0.2, 0.25) is 0 Å². The summed E-state index contributed by atoms with van der Waals surface area (Å²) in [4.78, 5) is 0. The zero-order chi connectivity index (χ0) is 8.55. The van der Waals surface area contributed by atoms with Crippen molar-refractivity contribution in [2.24, 2.45) is 0 Å². The van der Waals surface area contributed by atoms with Crippen LogP contribution in [0.2, 0.25) is 0 Å². The van der Waals surface area contributed by atoms with Crippen molar-refractivity contribution in [3.63, 3.8) is 0 Å². The van der Waals surface area contributed by atoms with Crippen LogP contribution in [0.5, 0.6) is 0 Å². The molecule has 1 nitrogen and oxygen atoms in total. The quantitative estimate of drug-likeness (QED) is 0.688. The number of rotatable bonds is 0. The number of nitriles is 1. The lowest BCUT2D eigenvalue weighted by Gasteiger charge is -1.89. The molecule has 0 N–H and O–H groups in total. The Balaban J connectivity index is 2.80. The summed E-state index contributed by atoms with van der Waals surface area (Å²) in [6.07, 6.45) is 0. The van der Waals surface area contributed by atoms with Gasteiger partial charge in [0.15, 0.2) is 0 Å². The minimum Gasteiger partial charge on any atom is -0.192 e. The van der Waals surface area contributed by atoms with E-state index in [9.17, 15) is 0 Å². The molecular weight excluding hydrogens is 234 g/mol. The van der Waals surface area contributed by atoms with Crippen LogP contribution in [-0.2, 0) is 0 Å². The van der Waals surface area contributed by atoms with E-state index in [1.54, 1.807) is 11.3 Å². The maximum absolute atomic E-state index is 8.65. The molecular formula is C9H4BrNS. The number of hydrogen-bond donors (Lipinski definition) is 0. The normalized spacial score (nSPS) is 10.0. The maximum Gasteiger partial charge on any atom is 0.0992 e. The first-order valence-electron chi connectivity index (χ1n) is 3.38. The summed E-state index contributed by atoms with van der Waals surface area (Å²) in [6.45, 7) is 0. The predicted molar refractivity (Wildman–Crippen MR) is 54.2 cm³/mol. The molecule has 1 aromatic heterocycles. The molecule has 0 atom stereocenters. The van der Waals surface area contributed by atoms with Crippen LogP contribution in [0.25, 0.3) is 10.1 Å². The third-order valence-corrected chi connectivity index (χ3v) is 3.56. The SMILES string of the molecule is N#Cc1ccc2c(Br)csc2c1. The lowest BCUT2D eigenvalue weighted by atomic mass is 10.2. The van der Waals surface area contributed by atoms with E-state index in [1.165, 1.54) is 5.39 Å². The molecule has 0 unspecified atom stereocenters. The summed E-state index contributed by atoms with van der Waals surface area (Å²) >= 11 is 5.09. The molecule has 1 heterocycles. The molecule has 0 saturated carbocycles. The lowest BCUT2D eigenvalue weighted by Crippen LogP contribution is -1.70. The molecule has 0 spiro atoms. The van der Waals surface area contributed by atoms with E-state index in [2.05, 4.69) is 22.0 Å². The Bertz CT molecular complexity index is 467. The molecule has 0 radical (unpaired) electrons. The maximum atomic E-state index is 8.65. The molecule has 2 aromatic rings. The van der Waals surface area contributed by atoms with E-state index < -0.39 is 0 Å². The van der Waals surface area contributed by atoms with Crippen molar-refractivity contribution in [3.05, 3.63) is 33.6 Å². The van der Waals surface area contributed by atoms with E-state index in [-0.39, 0.29) is 0 Å². The first-order valence-corrected chi connectivity index (χ1v) is 5.05. The van der Waals surface area contributed by atoms with E-state index >= 15 is 0 Å². The van der Waals surface area contributed by atoms with Crippen molar-refractivity contribution >= 4 is 37.4 Å². The largest absolute Gasteiger partial charge is 0.192 e. The zero-order valence-electron chi connectivity index (χ0n) is 6.04. The van der Waals surface area contributed by atoms with Gasteiger partial charge in [-0.05, 0) is 28.1 Å². The van der Waals surface area contributed by atoms with Crippen molar-refractivity contribution in [1.82, 2.24) is 0 Å². The molecule has 0 aliphatic carbocycles. The molecule has 0 amide bonds. The van der Waals surface area contributed by atoms with E-state index in [0.29, 0.717) is 0 Å². The highest BCUT2D eigenvalue weighted by atomic mass is 79.9. The van der Waals surface area contributed by atoms with Crippen molar-refractivity contribution < 1.29 is 0 Å². The van der Waals surface area contributed by atoms with Gasteiger partial charge in [-0.15, -0.1) is 11.3 Å². The molecule has 0 fully saturated rings. The van der Waals surface area contributed by atoms with Crippen molar-refractivity contribution in [1.29, 1.82) is 5.26 Å². The molecule has 1 aromatic carbocycles. The Labute approximate surface area is 82.4 Å². The van der Waals surface area contributed by atoms with Crippen LogP contribution in [0, 0.1) is 11.3 Å². The number of hydrogen-bond acceptors (Lipinski definition) is 2. The summed E-state index contributed by atoms with van der Waals surface area (Å²) in [5.41, 5.74) is 0.719. The highest BCUT2D eigenvalue weighted by Gasteiger charge is 2.00. The fraction of sp³-hybridized carbons (Fsp3) is 0. The van der Waals surface area contributed by atoms with Crippen LogP contribution in [0.3, 0.4) is 0 Å². The van der Waals surface area contributed by atoms with Crippen LogP contribution in [-0.4, -0.2) is 0 Å². The Morgan fingerprint density at radius 2 is 2.25 bits per heavy atom. The summed E-state index contributed by atoms with van der Waals surface area (Å²) in [6, 6.07) is 7.83. The second-order valence-electron chi connectivity index (χ2n) is 2.41. The first kappa shape index (κ1) is 7.78. The van der Waals surface area contributed by atoms with Crippen molar-refractivity contribution in [3.8, 4) is 6.07 Å². The van der Waals surface area contributed by atoms with Crippen LogP contribution in [0.1, 0.15) is 5.56 Å². The summed E-state index contributed by atoms with van der Waals surface area (Å²) in [5, 5.41) is 11.9. The Kier molecular flexibility index (Phi) is 1.87. The van der Waals surface area contributed by atoms with Gasteiger partial charge in [0.25, 0.3) is 0 Å². The van der Waals surface area contributed by atoms with Crippen molar-refractivity contribution in [2.45, 2.75) is 0 Å². The van der Waals surface area contributed by atoms with Gasteiger partial charge in [0, 0.05) is 19.9 Å². The first-order chi connectivity index (χ1) is 5.81. The van der Waals surface area contributed by atoms with Gasteiger partial charge in [0.05, 0.1) is 11.6 Å². The van der Waals surface area contributed by atoms with Gasteiger partial charge < -0.3 is 0 Å². The number of thiophene rings is 1. The van der Waals surface area contributed by atoms with Gasteiger partial charge in [-0.3, -0.25) is 0 Å². The number of fused-ring (bicyclic) bond motifs is 1. The number of nitrogens with zero attached hydrogens (tertiary/aromatic N) is 1. The Hall–Kier alpha value is -0.850. The second kappa shape index (κ2) is 2.89. The highest BCUT2D eigenvalue weighted by Crippen LogP contribution is 2.30. The van der Waals surface area contributed by atoms with Gasteiger partial charge in [0.1, 0.15) is 0 Å². The molecule has 0 aliphatic rings. The average molecular weight is 238 g/mol. The van der Waals surface area contributed by atoms with Gasteiger partial charge in [-0.25, -0.2) is 0 Å². The van der Waals surface area contributed by atoms with Gasteiger partial charge in [-0.1, -0.05) is 6.07 Å². The molecule has 12 heavy (non-hydrogen) atoms. The van der Waals surface area contributed by atoms with Crippen LogP contribution in [0.4, 0.5) is 0 Å². The fourth-order valence-electron chi connectivity index (χ4n) is 1.07. The molecule has 58 valence electrons. The van der Waals surface area contributed by atoms with E-state index in [1.807, 2.05) is 23.6 Å². The Morgan fingerprint density at radius 1 is 1.42 bits per heavy atom. The zero-order valence-corrected chi connectivity index (χ0v) is 8.45. The minimum absolute atomic E-state index is 0.719.